The van der Waals surface area contributed by atoms with E-state index >= 15 is 0 Å². The molecule has 1 aromatic carbocycles. The van der Waals surface area contributed by atoms with Crippen molar-refractivity contribution in [3.63, 3.8) is 0 Å². The molecule has 15 heavy (non-hydrogen) atoms. The van der Waals surface area contributed by atoms with Crippen LogP contribution >= 0.6 is 31.9 Å². The quantitative estimate of drug-likeness (QED) is 0.746. The van der Waals surface area contributed by atoms with Gasteiger partial charge in [-0.05, 0) is 17.7 Å². The highest BCUT2D eigenvalue weighted by Crippen LogP contribution is 2.26. The zero-order chi connectivity index (χ0) is 11.4. The van der Waals surface area contributed by atoms with Gasteiger partial charge in [0.2, 0.25) is 0 Å². The van der Waals surface area contributed by atoms with E-state index in [1.807, 2.05) is 18.2 Å². The molecule has 0 saturated carbocycles. The van der Waals surface area contributed by atoms with Gasteiger partial charge in [0.25, 0.3) is 6.43 Å². The van der Waals surface area contributed by atoms with E-state index in [9.17, 15) is 8.78 Å². The van der Waals surface area contributed by atoms with Crippen molar-refractivity contribution in [2.75, 3.05) is 18.5 Å². The predicted octanol–water partition coefficient (Wildman–Crippen LogP) is 4.05. The summed E-state index contributed by atoms with van der Waals surface area (Å²) in [5.74, 6) is 0. The molecule has 0 atom stereocenters. The maximum atomic E-state index is 12.2. The summed E-state index contributed by atoms with van der Waals surface area (Å²) >= 11 is 6.67. The first-order valence-corrected chi connectivity index (χ1v) is 6.29. The molecule has 0 aliphatic heterocycles. The SMILES string of the molecule is CN(CC(F)F)c1cc(Br)ccc1CBr. The molecule has 0 saturated heterocycles. The van der Waals surface area contributed by atoms with Crippen LogP contribution < -0.4 is 4.90 Å². The highest BCUT2D eigenvalue weighted by atomic mass is 79.9. The fourth-order valence-electron chi connectivity index (χ4n) is 1.31. The minimum Gasteiger partial charge on any atom is -0.369 e. The van der Waals surface area contributed by atoms with Crippen molar-refractivity contribution in [1.82, 2.24) is 0 Å². The number of benzene rings is 1. The summed E-state index contributed by atoms with van der Waals surface area (Å²) < 4.78 is 25.4. The van der Waals surface area contributed by atoms with Crippen molar-refractivity contribution < 1.29 is 8.78 Å². The van der Waals surface area contributed by atoms with Gasteiger partial charge in [-0.15, -0.1) is 0 Å². The molecule has 0 heterocycles. The Bertz CT molecular complexity index is 331. The monoisotopic (exact) mass is 341 g/mol. The molecule has 5 heteroatoms. The van der Waals surface area contributed by atoms with Crippen LogP contribution in [0.2, 0.25) is 0 Å². The zero-order valence-corrected chi connectivity index (χ0v) is 11.4. The Morgan fingerprint density at radius 3 is 2.60 bits per heavy atom. The summed E-state index contributed by atoms with van der Waals surface area (Å²) in [5, 5.41) is 0.656. The summed E-state index contributed by atoms with van der Waals surface area (Å²) in [7, 11) is 1.67. The Morgan fingerprint density at radius 1 is 1.40 bits per heavy atom. The largest absolute Gasteiger partial charge is 0.369 e. The summed E-state index contributed by atoms with van der Waals surface area (Å²) in [4.78, 5) is 1.56. The van der Waals surface area contributed by atoms with Crippen molar-refractivity contribution in [3.05, 3.63) is 28.2 Å². The van der Waals surface area contributed by atoms with Gasteiger partial charge in [-0.3, -0.25) is 0 Å². The van der Waals surface area contributed by atoms with Crippen LogP contribution in [0, 0.1) is 0 Å². The summed E-state index contributed by atoms with van der Waals surface area (Å²) in [5.41, 5.74) is 1.82. The van der Waals surface area contributed by atoms with Crippen LogP contribution in [-0.2, 0) is 5.33 Å². The van der Waals surface area contributed by atoms with Crippen LogP contribution in [0.25, 0.3) is 0 Å². The topological polar surface area (TPSA) is 3.24 Å². The molecule has 84 valence electrons. The molecule has 0 amide bonds. The van der Waals surface area contributed by atoms with E-state index in [1.54, 1.807) is 11.9 Å². The summed E-state index contributed by atoms with van der Waals surface area (Å²) in [6.45, 7) is -0.254. The zero-order valence-electron chi connectivity index (χ0n) is 8.18. The van der Waals surface area contributed by atoms with E-state index < -0.39 is 6.43 Å². The number of halogens is 4. The van der Waals surface area contributed by atoms with Crippen LogP contribution in [0.4, 0.5) is 14.5 Å². The third-order valence-electron chi connectivity index (χ3n) is 2.01. The van der Waals surface area contributed by atoms with Gasteiger partial charge < -0.3 is 4.90 Å². The fourth-order valence-corrected chi connectivity index (χ4v) is 2.13. The molecular formula is C10H11Br2F2N. The van der Waals surface area contributed by atoms with Gasteiger partial charge in [-0.2, -0.15) is 0 Å². The molecule has 0 aromatic heterocycles. The van der Waals surface area contributed by atoms with Crippen molar-refractivity contribution in [2.24, 2.45) is 0 Å². The third kappa shape index (κ3) is 3.72. The standard InChI is InChI=1S/C10H11Br2F2N/c1-15(6-10(13)14)9-4-8(12)3-2-7(9)5-11/h2-4,10H,5-6H2,1H3. The van der Waals surface area contributed by atoms with Gasteiger partial charge in [-0.1, -0.05) is 37.9 Å². The highest BCUT2D eigenvalue weighted by Gasteiger charge is 2.12. The van der Waals surface area contributed by atoms with Crippen LogP contribution in [0.5, 0.6) is 0 Å². The van der Waals surface area contributed by atoms with Crippen LogP contribution in [0.3, 0.4) is 0 Å². The molecule has 1 rings (SSSR count). The molecule has 1 aromatic rings. The van der Waals surface area contributed by atoms with Crippen LogP contribution in [-0.4, -0.2) is 20.0 Å². The maximum Gasteiger partial charge on any atom is 0.255 e. The first-order valence-electron chi connectivity index (χ1n) is 4.38. The van der Waals surface area contributed by atoms with E-state index in [-0.39, 0.29) is 6.54 Å². The van der Waals surface area contributed by atoms with E-state index in [1.165, 1.54) is 0 Å². The van der Waals surface area contributed by atoms with Gasteiger partial charge in [-0.25, -0.2) is 8.78 Å². The lowest BCUT2D eigenvalue weighted by atomic mass is 10.2. The van der Waals surface area contributed by atoms with E-state index in [0.717, 1.165) is 15.7 Å². The number of rotatable bonds is 4. The van der Waals surface area contributed by atoms with Crippen LogP contribution in [0.15, 0.2) is 22.7 Å². The Kier molecular flexibility index (Phi) is 4.99. The molecule has 0 spiro atoms. The van der Waals surface area contributed by atoms with E-state index in [2.05, 4.69) is 31.9 Å². The molecule has 0 bridgehead atoms. The molecule has 0 radical (unpaired) electrons. The number of hydrogen-bond donors (Lipinski definition) is 0. The van der Waals surface area contributed by atoms with E-state index in [0.29, 0.717) is 5.33 Å². The Balaban J connectivity index is 2.94. The lowest BCUT2D eigenvalue weighted by Crippen LogP contribution is -2.24. The van der Waals surface area contributed by atoms with Crippen molar-refractivity contribution in [3.8, 4) is 0 Å². The maximum absolute atomic E-state index is 12.2. The molecule has 0 aliphatic carbocycles. The lowest BCUT2D eigenvalue weighted by molar-refractivity contribution is 0.156. The fraction of sp³-hybridized carbons (Fsp3) is 0.400. The first-order chi connectivity index (χ1) is 7.04. The van der Waals surface area contributed by atoms with Gasteiger partial charge in [0.15, 0.2) is 0 Å². The summed E-state index contributed by atoms with van der Waals surface area (Å²) in [6.07, 6.45) is -2.32. The average Bonchev–Trinajstić information content (AvgIpc) is 2.16. The molecule has 1 nitrogen and oxygen atoms in total. The van der Waals surface area contributed by atoms with Gasteiger partial charge >= 0.3 is 0 Å². The first kappa shape index (κ1) is 12.9. The smallest absolute Gasteiger partial charge is 0.255 e. The Hall–Kier alpha value is -0.160. The van der Waals surface area contributed by atoms with E-state index in [4.69, 9.17) is 0 Å². The van der Waals surface area contributed by atoms with Crippen molar-refractivity contribution >= 4 is 37.5 Å². The molecule has 0 N–H and O–H groups in total. The molecular weight excluding hydrogens is 332 g/mol. The number of nitrogens with zero attached hydrogens (tertiary/aromatic N) is 1. The van der Waals surface area contributed by atoms with Crippen molar-refractivity contribution in [2.45, 2.75) is 11.8 Å². The van der Waals surface area contributed by atoms with Gasteiger partial charge in [0.1, 0.15) is 0 Å². The molecule has 0 fully saturated rings. The van der Waals surface area contributed by atoms with Crippen molar-refractivity contribution in [1.29, 1.82) is 0 Å². The second kappa shape index (κ2) is 5.80. The second-order valence-corrected chi connectivity index (χ2v) is 4.65. The minimum absolute atomic E-state index is 0.254. The number of alkyl halides is 3. The van der Waals surface area contributed by atoms with Crippen LogP contribution in [0.1, 0.15) is 5.56 Å². The van der Waals surface area contributed by atoms with Gasteiger partial charge in [0.05, 0.1) is 6.54 Å². The number of anilines is 1. The van der Waals surface area contributed by atoms with Gasteiger partial charge in [0, 0.05) is 22.5 Å². The highest BCUT2D eigenvalue weighted by molar-refractivity contribution is 9.10. The second-order valence-electron chi connectivity index (χ2n) is 3.18. The number of hydrogen-bond acceptors (Lipinski definition) is 1. The normalized spacial score (nSPS) is 10.8. The Labute approximate surface area is 105 Å². The minimum atomic E-state index is -2.32. The summed E-state index contributed by atoms with van der Waals surface area (Å²) in [6, 6.07) is 5.66. The third-order valence-corrected chi connectivity index (χ3v) is 3.11. The Morgan fingerprint density at radius 2 is 2.07 bits per heavy atom. The molecule has 0 unspecified atom stereocenters. The average molecular weight is 343 g/mol. The lowest BCUT2D eigenvalue weighted by Gasteiger charge is -2.21. The molecule has 0 aliphatic rings. The predicted molar refractivity (Wildman–Crippen MR) is 66.0 cm³/mol.